The van der Waals surface area contributed by atoms with Crippen molar-refractivity contribution in [2.75, 3.05) is 0 Å². The molecule has 0 aromatic heterocycles. The average Bonchev–Trinajstić information content (AvgIpc) is 2.38. The molecule has 2 aromatic rings. The summed E-state index contributed by atoms with van der Waals surface area (Å²) in [6, 6.07) is 20.1. The lowest BCUT2D eigenvalue weighted by Gasteiger charge is -2.05. The predicted molar refractivity (Wildman–Crippen MR) is 72.0 cm³/mol. The third kappa shape index (κ3) is 2.65. The molecular formula is C13H10ClNS. The van der Waals surface area contributed by atoms with E-state index >= 15 is 0 Å². The summed E-state index contributed by atoms with van der Waals surface area (Å²) >= 11 is 0.960. The van der Waals surface area contributed by atoms with E-state index in [0.717, 1.165) is 28.0 Å². The van der Waals surface area contributed by atoms with Gasteiger partial charge in [0.25, 0.3) is 0 Å². The Balaban J connectivity index is 2.44. The number of benzene rings is 2. The molecule has 0 heterocycles. The van der Waals surface area contributed by atoms with Gasteiger partial charge < -0.3 is 0 Å². The number of hydrogen-bond donors (Lipinski definition) is 0. The maximum absolute atomic E-state index is 5.63. The number of nitrogens with zero attached hydrogens (tertiary/aromatic N) is 1. The molecule has 0 radical (unpaired) electrons. The molecule has 80 valence electrons. The van der Waals surface area contributed by atoms with Crippen LogP contribution >= 0.6 is 21.8 Å². The minimum atomic E-state index is 0.904. The van der Waals surface area contributed by atoms with Crippen LogP contribution in [0.25, 0.3) is 0 Å². The molecule has 0 saturated heterocycles. The van der Waals surface area contributed by atoms with Crippen LogP contribution in [0.3, 0.4) is 0 Å². The Kier molecular flexibility index (Phi) is 4.03. The zero-order valence-electron chi connectivity index (χ0n) is 8.51. The van der Waals surface area contributed by atoms with Gasteiger partial charge in [0.15, 0.2) is 0 Å². The second kappa shape index (κ2) is 5.73. The van der Waals surface area contributed by atoms with Crippen molar-refractivity contribution in [2.45, 2.75) is 0 Å². The van der Waals surface area contributed by atoms with Gasteiger partial charge in [-0.3, -0.25) is 0 Å². The van der Waals surface area contributed by atoms with Crippen LogP contribution in [0.4, 0.5) is 0 Å². The van der Waals surface area contributed by atoms with E-state index in [1.807, 2.05) is 60.7 Å². The van der Waals surface area contributed by atoms with Crippen molar-refractivity contribution < 1.29 is 0 Å². The van der Waals surface area contributed by atoms with Crippen LogP contribution in [0.15, 0.2) is 65.1 Å². The van der Waals surface area contributed by atoms with Crippen LogP contribution in [0, 0.1) is 0 Å². The maximum Gasteiger partial charge on any atom is 0.0871 e. The van der Waals surface area contributed by atoms with E-state index in [-0.39, 0.29) is 0 Å². The van der Waals surface area contributed by atoms with Crippen molar-refractivity contribution in [3.05, 3.63) is 71.8 Å². The van der Waals surface area contributed by atoms with E-state index in [1.54, 1.807) is 0 Å². The number of hydrogen-bond acceptors (Lipinski definition) is 2. The van der Waals surface area contributed by atoms with E-state index in [0.29, 0.717) is 0 Å². The Morgan fingerprint density at radius 1 is 0.812 bits per heavy atom. The quantitative estimate of drug-likeness (QED) is 0.581. The van der Waals surface area contributed by atoms with Gasteiger partial charge >= 0.3 is 0 Å². The second-order valence-electron chi connectivity index (χ2n) is 3.24. The molecule has 0 unspecified atom stereocenters. The molecule has 0 saturated carbocycles. The van der Waals surface area contributed by atoms with Crippen LogP contribution in [-0.2, 0) is 0 Å². The highest BCUT2D eigenvalue weighted by Gasteiger charge is 2.05. The monoisotopic (exact) mass is 247 g/mol. The number of rotatable bonds is 3. The summed E-state index contributed by atoms with van der Waals surface area (Å²) in [6.07, 6.45) is 0. The first-order chi connectivity index (χ1) is 7.92. The fraction of sp³-hybridized carbons (Fsp3) is 0. The van der Waals surface area contributed by atoms with Gasteiger partial charge in [-0.05, 0) is 10.7 Å². The van der Waals surface area contributed by atoms with E-state index in [2.05, 4.69) is 4.40 Å². The van der Waals surface area contributed by atoms with Crippen LogP contribution in [-0.4, -0.2) is 5.71 Å². The molecule has 3 heteroatoms. The molecule has 0 atom stereocenters. The van der Waals surface area contributed by atoms with Gasteiger partial charge in [0.2, 0.25) is 0 Å². The van der Waals surface area contributed by atoms with Gasteiger partial charge in [-0.1, -0.05) is 60.7 Å². The van der Waals surface area contributed by atoms with E-state index < -0.39 is 0 Å². The Morgan fingerprint density at radius 3 is 1.62 bits per heavy atom. The van der Waals surface area contributed by atoms with Gasteiger partial charge in [-0.2, -0.15) is 4.40 Å². The lowest BCUT2D eigenvalue weighted by Crippen LogP contribution is -2.01. The normalized spacial score (nSPS) is 9.81. The molecule has 0 spiro atoms. The van der Waals surface area contributed by atoms with Gasteiger partial charge in [-0.25, -0.2) is 0 Å². The summed E-state index contributed by atoms with van der Waals surface area (Å²) in [5.41, 5.74) is 3.05. The highest BCUT2D eigenvalue weighted by molar-refractivity contribution is 8.20. The molecule has 1 nitrogen and oxygen atoms in total. The molecule has 16 heavy (non-hydrogen) atoms. The highest BCUT2D eigenvalue weighted by atomic mass is 35.7. The fourth-order valence-electron chi connectivity index (χ4n) is 1.50. The van der Waals surface area contributed by atoms with Crippen LogP contribution < -0.4 is 0 Å². The van der Waals surface area contributed by atoms with Crippen molar-refractivity contribution in [2.24, 2.45) is 4.40 Å². The largest absolute Gasteiger partial charge is 0.199 e. The highest BCUT2D eigenvalue weighted by Crippen LogP contribution is 2.16. The zero-order valence-corrected chi connectivity index (χ0v) is 10.1. The minimum Gasteiger partial charge on any atom is -0.199 e. The SMILES string of the molecule is ClSN=C(c1ccccc1)c1ccccc1. The van der Waals surface area contributed by atoms with Crippen LogP contribution in [0.5, 0.6) is 0 Å². The Bertz CT molecular complexity index is 426. The first-order valence-electron chi connectivity index (χ1n) is 4.88. The Morgan fingerprint density at radius 2 is 1.25 bits per heavy atom. The standard InChI is InChI=1S/C13H10ClNS/c14-16-15-13(11-7-3-1-4-8-11)12-9-5-2-6-10-12/h1-10H. The molecule has 0 fully saturated rings. The smallest absolute Gasteiger partial charge is 0.0871 e. The summed E-state index contributed by atoms with van der Waals surface area (Å²) in [6.45, 7) is 0. The van der Waals surface area contributed by atoms with E-state index in [1.165, 1.54) is 0 Å². The summed E-state index contributed by atoms with van der Waals surface area (Å²) in [7, 11) is 5.63. The zero-order chi connectivity index (χ0) is 11.2. The second-order valence-corrected chi connectivity index (χ2v) is 3.98. The molecular weight excluding hydrogens is 238 g/mol. The third-order valence-electron chi connectivity index (χ3n) is 2.22. The summed E-state index contributed by atoms with van der Waals surface area (Å²) in [4.78, 5) is 0. The fourth-order valence-corrected chi connectivity index (χ4v) is 1.99. The average molecular weight is 248 g/mol. The maximum atomic E-state index is 5.63. The lowest BCUT2D eigenvalue weighted by atomic mass is 10.0. The predicted octanol–water partition coefficient (Wildman–Crippen LogP) is 4.33. The van der Waals surface area contributed by atoms with E-state index in [4.69, 9.17) is 10.7 Å². The molecule has 0 N–H and O–H groups in total. The first-order valence-corrected chi connectivity index (χ1v) is 6.48. The van der Waals surface area contributed by atoms with Gasteiger partial charge in [-0.15, -0.1) is 0 Å². The van der Waals surface area contributed by atoms with Crippen molar-refractivity contribution >= 4 is 27.6 Å². The Hall–Kier alpha value is -1.25. The van der Waals surface area contributed by atoms with Gasteiger partial charge in [0.1, 0.15) is 0 Å². The number of halogens is 1. The molecule has 0 amide bonds. The van der Waals surface area contributed by atoms with Crippen LogP contribution in [0.2, 0.25) is 0 Å². The molecule has 0 aliphatic carbocycles. The topological polar surface area (TPSA) is 12.4 Å². The lowest BCUT2D eigenvalue weighted by molar-refractivity contribution is 1.58. The minimum absolute atomic E-state index is 0.904. The Labute approximate surface area is 104 Å². The summed E-state index contributed by atoms with van der Waals surface area (Å²) < 4.78 is 4.26. The summed E-state index contributed by atoms with van der Waals surface area (Å²) in [5.74, 6) is 0. The molecule has 2 rings (SSSR count). The molecule has 2 aromatic carbocycles. The van der Waals surface area contributed by atoms with Crippen molar-refractivity contribution in [1.29, 1.82) is 0 Å². The first kappa shape index (κ1) is 11.2. The van der Waals surface area contributed by atoms with Crippen LogP contribution in [0.1, 0.15) is 11.1 Å². The third-order valence-corrected chi connectivity index (χ3v) is 2.68. The van der Waals surface area contributed by atoms with Gasteiger partial charge in [0.05, 0.1) is 16.9 Å². The van der Waals surface area contributed by atoms with Gasteiger partial charge in [0, 0.05) is 11.1 Å². The molecule has 0 aliphatic heterocycles. The summed E-state index contributed by atoms with van der Waals surface area (Å²) in [5, 5.41) is 0. The van der Waals surface area contributed by atoms with Crippen molar-refractivity contribution in [3.63, 3.8) is 0 Å². The van der Waals surface area contributed by atoms with Crippen molar-refractivity contribution in [3.8, 4) is 0 Å². The molecule has 0 bridgehead atoms. The molecule has 0 aliphatic rings. The van der Waals surface area contributed by atoms with Crippen molar-refractivity contribution in [1.82, 2.24) is 0 Å². The van der Waals surface area contributed by atoms with E-state index in [9.17, 15) is 0 Å².